The summed E-state index contributed by atoms with van der Waals surface area (Å²) in [6.07, 6.45) is 2.44. The van der Waals surface area contributed by atoms with Crippen LogP contribution in [0.25, 0.3) is 0 Å². The normalized spacial score (nSPS) is 13.0. The van der Waals surface area contributed by atoms with Crippen LogP contribution in [0.2, 0.25) is 0 Å². The number of hydrogen-bond acceptors (Lipinski definition) is 4. The van der Waals surface area contributed by atoms with Gasteiger partial charge in [0.2, 0.25) is 0 Å². The SMILES string of the molecule is CCCC(C)COCc1csc(N)n1. The predicted molar refractivity (Wildman–Crippen MR) is 60.3 cm³/mol. The molecule has 0 aliphatic heterocycles. The molecule has 14 heavy (non-hydrogen) atoms. The zero-order valence-electron chi connectivity index (χ0n) is 8.82. The van der Waals surface area contributed by atoms with E-state index in [0.717, 1.165) is 12.3 Å². The van der Waals surface area contributed by atoms with E-state index in [-0.39, 0.29) is 0 Å². The number of anilines is 1. The Kier molecular flexibility index (Phi) is 4.90. The molecule has 0 aromatic carbocycles. The largest absolute Gasteiger partial charge is 0.375 e. The quantitative estimate of drug-likeness (QED) is 0.792. The minimum absolute atomic E-state index is 0.585. The number of nitrogen functional groups attached to an aromatic ring is 1. The van der Waals surface area contributed by atoms with Crippen molar-refractivity contribution in [1.29, 1.82) is 0 Å². The van der Waals surface area contributed by atoms with Crippen LogP contribution in [0, 0.1) is 5.92 Å². The molecule has 0 radical (unpaired) electrons. The fourth-order valence-electron chi connectivity index (χ4n) is 1.33. The van der Waals surface area contributed by atoms with Gasteiger partial charge in [0, 0.05) is 12.0 Å². The van der Waals surface area contributed by atoms with Crippen LogP contribution in [-0.4, -0.2) is 11.6 Å². The summed E-state index contributed by atoms with van der Waals surface area (Å²) in [4.78, 5) is 4.12. The molecule has 0 saturated heterocycles. The lowest BCUT2D eigenvalue weighted by atomic mass is 10.1. The first-order valence-electron chi connectivity index (χ1n) is 5.00. The second-order valence-corrected chi connectivity index (χ2v) is 4.48. The highest BCUT2D eigenvalue weighted by Gasteiger charge is 2.02. The van der Waals surface area contributed by atoms with Gasteiger partial charge in [-0.3, -0.25) is 0 Å². The lowest BCUT2D eigenvalue weighted by Gasteiger charge is -2.09. The molecule has 0 bridgehead atoms. The first-order chi connectivity index (χ1) is 6.72. The Balaban J connectivity index is 2.15. The minimum Gasteiger partial charge on any atom is -0.375 e. The number of aromatic nitrogens is 1. The van der Waals surface area contributed by atoms with Crippen LogP contribution in [0.4, 0.5) is 5.13 Å². The van der Waals surface area contributed by atoms with Gasteiger partial charge < -0.3 is 10.5 Å². The molecule has 3 nitrogen and oxygen atoms in total. The fraction of sp³-hybridized carbons (Fsp3) is 0.700. The van der Waals surface area contributed by atoms with Gasteiger partial charge >= 0.3 is 0 Å². The molecule has 0 aliphatic rings. The summed E-state index contributed by atoms with van der Waals surface area (Å²) in [5.41, 5.74) is 6.45. The Hall–Kier alpha value is -0.610. The maximum Gasteiger partial charge on any atom is 0.180 e. The molecule has 1 unspecified atom stereocenters. The Labute approximate surface area is 89.3 Å². The van der Waals surface area contributed by atoms with E-state index >= 15 is 0 Å². The molecule has 1 rings (SSSR count). The van der Waals surface area contributed by atoms with E-state index in [2.05, 4.69) is 18.8 Å². The summed E-state index contributed by atoms with van der Waals surface area (Å²) >= 11 is 1.46. The van der Waals surface area contributed by atoms with Crippen molar-refractivity contribution in [3.8, 4) is 0 Å². The fourth-order valence-corrected chi connectivity index (χ4v) is 1.88. The molecule has 0 saturated carbocycles. The van der Waals surface area contributed by atoms with Crippen molar-refractivity contribution in [1.82, 2.24) is 4.98 Å². The lowest BCUT2D eigenvalue weighted by Crippen LogP contribution is -2.05. The Morgan fingerprint density at radius 3 is 3.00 bits per heavy atom. The van der Waals surface area contributed by atoms with Crippen molar-refractivity contribution in [2.24, 2.45) is 5.92 Å². The molecule has 0 spiro atoms. The summed E-state index contributed by atoms with van der Waals surface area (Å²) in [6.45, 7) is 5.80. The number of thiazole rings is 1. The molecule has 4 heteroatoms. The number of hydrogen-bond donors (Lipinski definition) is 1. The maximum atomic E-state index is 5.54. The Morgan fingerprint density at radius 2 is 2.43 bits per heavy atom. The molecule has 1 atom stereocenters. The molecule has 0 fully saturated rings. The van der Waals surface area contributed by atoms with Gasteiger partial charge in [-0.2, -0.15) is 0 Å². The highest BCUT2D eigenvalue weighted by atomic mass is 32.1. The van der Waals surface area contributed by atoms with Gasteiger partial charge in [0.25, 0.3) is 0 Å². The number of nitrogens with two attached hydrogens (primary N) is 1. The van der Waals surface area contributed by atoms with Gasteiger partial charge in [-0.1, -0.05) is 20.3 Å². The van der Waals surface area contributed by atoms with Crippen molar-refractivity contribution >= 4 is 16.5 Å². The average Bonchev–Trinajstić information content (AvgIpc) is 2.52. The lowest BCUT2D eigenvalue weighted by molar-refractivity contribution is 0.0875. The highest BCUT2D eigenvalue weighted by molar-refractivity contribution is 7.13. The van der Waals surface area contributed by atoms with Crippen LogP contribution in [0.3, 0.4) is 0 Å². The average molecular weight is 214 g/mol. The summed E-state index contributed by atoms with van der Waals surface area (Å²) in [6, 6.07) is 0. The third kappa shape index (κ3) is 4.07. The third-order valence-corrected chi connectivity index (χ3v) is 2.73. The smallest absolute Gasteiger partial charge is 0.180 e. The molecule has 80 valence electrons. The van der Waals surface area contributed by atoms with Gasteiger partial charge in [0.15, 0.2) is 5.13 Å². The van der Waals surface area contributed by atoms with Gasteiger partial charge in [0.05, 0.1) is 12.3 Å². The molecule has 1 heterocycles. The van der Waals surface area contributed by atoms with E-state index in [1.54, 1.807) is 0 Å². The first-order valence-corrected chi connectivity index (χ1v) is 5.88. The van der Waals surface area contributed by atoms with Crippen LogP contribution in [-0.2, 0) is 11.3 Å². The highest BCUT2D eigenvalue weighted by Crippen LogP contribution is 2.12. The van der Waals surface area contributed by atoms with Crippen LogP contribution >= 0.6 is 11.3 Å². The van der Waals surface area contributed by atoms with Crippen LogP contribution < -0.4 is 5.73 Å². The van der Waals surface area contributed by atoms with E-state index in [1.807, 2.05) is 5.38 Å². The zero-order valence-corrected chi connectivity index (χ0v) is 9.64. The monoisotopic (exact) mass is 214 g/mol. The molecule has 1 aromatic rings. The summed E-state index contributed by atoms with van der Waals surface area (Å²) < 4.78 is 5.54. The van der Waals surface area contributed by atoms with E-state index in [9.17, 15) is 0 Å². The topological polar surface area (TPSA) is 48.1 Å². The van der Waals surface area contributed by atoms with E-state index in [0.29, 0.717) is 17.7 Å². The summed E-state index contributed by atoms with van der Waals surface area (Å²) in [7, 11) is 0. The van der Waals surface area contributed by atoms with Crippen molar-refractivity contribution < 1.29 is 4.74 Å². The second-order valence-electron chi connectivity index (χ2n) is 3.59. The van der Waals surface area contributed by atoms with E-state index < -0.39 is 0 Å². The summed E-state index contributed by atoms with van der Waals surface area (Å²) in [5.74, 6) is 0.635. The zero-order chi connectivity index (χ0) is 10.4. The minimum atomic E-state index is 0.585. The standard InChI is InChI=1S/C10H18N2OS/c1-3-4-8(2)5-13-6-9-7-14-10(11)12-9/h7-8H,3-6H2,1-2H3,(H2,11,12). The van der Waals surface area contributed by atoms with Gasteiger partial charge in [0.1, 0.15) is 0 Å². The van der Waals surface area contributed by atoms with Gasteiger partial charge in [-0.15, -0.1) is 11.3 Å². The molecule has 0 aliphatic carbocycles. The van der Waals surface area contributed by atoms with E-state index in [4.69, 9.17) is 10.5 Å². The maximum absolute atomic E-state index is 5.54. The van der Waals surface area contributed by atoms with Crippen LogP contribution in [0.15, 0.2) is 5.38 Å². The van der Waals surface area contributed by atoms with E-state index in [1.165, 1.54) is 24.2 Å². The van der Waals surface area contributed by atoms with Crippen molar-refractivity contribution in [3.05, 3.63) is 11.1 Å². The van der Waals surface area contributed by atoms with Crippen molar-refractivity contribution in [2.75, 3.05) is 12.3 Å². The van der Waals surface area contributed by atoms with Crippen molar-refractivity contribution in [3.63, 3.8) is 0 Å². The summed E-state index contributed by atoms with van der Waals surface area (Å²) in [5, 5.41) is 2.56. The van der Waals surface area contributed by atoms with Gasteiger partial charge in [-0.25, -0.2) is 4.98 Å². The molecule has 0 amide bonds. The number of nitrogens with zero attached hydrogens (tertiary/aromatic N) is 1. The molecular formula is C10H18N2OS. The first kappa shape index (κ1) is 11.5. The molecular weight excluding hydrogens is 196 g/mol. The number of rotatable bonds is 6. The van der Waals surface area contributed by atoms with Crippen molar-refractivity contribution in [2.45, 2.75) is 33.3 Å². The number of ether oxygens (including phenoxy) is 1. The Morgan fingerprint density at radius 1 is 1.64 bits per heavy atom. The van der Waals surface area contributed by atoms with Crippen LogP contribution in [0.1, 0.15) is 32.4 Å². The van der Waals surface area contributed by atoms with Gasteiger partial charge in [-0.05, 0) is 12.3 Å². The predicted octanol–water partition coefficient (Wildman–Crippen LogP) is 2.68. The Bertz CT molecular complexity index is 262. The van der Waals surface area contributed by atoms with Crippen LogP contribution in [0.5, 0.6) is 0 Å². The third-order valence-electron chi connectivity index (χ3n) is 2.00. The second kappa shape index (κ2) is 5.98. The molecule has 2 N–H and O–H groups in total. The molecule has 1 aromatic heterocycles.